The average molecular weight is 272 g/mol. The molecule has 0 saturated heterocycles. The summed E-state index contributed by atoms with van der Waals surface area (Å²) in [6, 6.07) is 6.08. The van der Waals surface area contributed by atoms with Crippen molar-refractivity contribution < 1.29 is 4.74 Å². The van der Waals surface area contributed by atoms with E-state index in [0.717, 1.165) is 25.3 Å². The molecular formula is C10H10BrNOS. The van der Waals surface area contributed by atoms with Gasteiger partial charge in [0.15, 0.2) is 5.75 Å². The van der Waals surface area contributed by atoms with Gasteiger partial charge in [0, 0.05) is 14.6 Å². The number of fused-ring (bicyclic) bond motifs is 1. The molecule has 1 heterocycles. The summed E-state index contributed by atoms with van der Waals surface area (Å²) in [6.07, 6.45) is 0. The van der Waals surface area contributed by atoms with E-state index in [1.165, 1.54) is 0 Å². The van der Waals surface area contributed by atoms with Crippen molar-refractivity contribution in [1.82, 2.24) is 0 Å². The third-order valence-electron chi connectivity index (χ3n) is 1.92. The molecule has 0 aliphatic rings. The Morgan fingerprint density at radius 2 is 2.29 bits per heavy atom. The van der Waals surface area contributed by atoms with E-state index in [1.807, 2.05) is 19.1 Å². The highest BCUT2D eigenvalue weighted by atomic mass is 79.9. The van der Waals surface area contributed by atoms with Gasteiger partial charge in [-0.05, 0) is 25.1 Å². The van der Waals surface area contributed by atoms with Crippen LogP contribution in [0.1, 0.15) is 6.92 Å². The van der Waals surface area contributed by atoms with E-state index in [0.29, 0.717) is 6.61 Å². The predicted molar refractivity (Wildman–Crippen MR) is 65.1 cm³/mol. The Kier molecular flexibility index (Phi) is 2.65. The van der Waals surface area contributed by atoms with E-state index in [2.05, 4.69) is 22.0 Å². The first-order valence-corrected chi connectivity index (χ1v) is 5.93. The minimum absolute atomic E-state index is 0.645. The van der Waals surface area contributed by atoms with Crippen LogP contribution in [0.2, 0.25) is 0 Å². The zero-order valence-electron chi connectivity index (χ0n) is 7.71. The summed E-state index contributed by atoms with van der Waals surface area (Å²) >= 11 is 4.99. The van der Waals surface area contributed by atoms with Crippen LogP contribution in [0.3, 0.4) is 0 Å². The van der Waals surface area contributed by atoms with E-state index < -0.39 is 0 Å². The second-order valence-electron chi connectivity index (χ2n) is 2.87. The molecule has 0 radical (unpaired) electrons. The molecule has 0 atom stereocenters. The second kappa shape index (κ2) is 3.79. The van der Waals surface area contributed by atoms with Crippen LogP contribution in [0.15, 0.2) is 22.7 Å². The van der Waals surface area contributed by atoms with Gasteiger partial charge in [0.25, 0.3) is 0 Å². The predicted octanol–water partition coefficient (Wildman–Crippen LogP) is 3.64. The zero-order valence-corrected chi connectivity index (χ0v) is 10.1. The van der Waals surface area contributed by atoms with Gasteiger partial charge in [0.2, 0.25) is 0 Å². The van der Waals surface area contributed by atoms with Crippen molar-refractivity contribution in [1.29, 1.82) is 0 Å². The lowest BCUT2D eigenvalue weighted by molar-refractivity contribution is 0.347. The van der Waals surface area contributed by atoms with Crippen LogP contribution in [-0.2, 0) is 0 Å². The Bertz CT molecular complexity index is 466. The van der Waals surface area contributed by atoms with Gasteiger partial charge in [0.05, 0.1) is 6.61 Å². The largest absolute Gasteiger partial charge is 0.490 e. The van der Waals surface area contributed by atoms with Crippen molar-refractivity contribution in [3.63, 3.8) is 0 Å². The topological polar surface area (TPSA) is 35.2 Å². The molecule has 74 valence electrons. The van der Waals surface area contributed by atoms with Gasteiger partial charge in [-0.3, -0.25) is 0 Å². The number of nitrogens with two attached hydrogens (primary N) is 1. The number of hydrogen-bond donors (Lipinski definition) is 1. The number of nitrogen functional groups attached to an aromatic ring is 1. The second-order valence-corrected chi connectivity index (χ2v) is 4.87. The fourth-order valence-electron chi connectivity index (χ4n) is 1.36. The maximum Gasteiger partial charge on any atom is 0.161 e. The molecule has 14 heavy (non-hydrogen) atoms. The van der Waals surface area contributed by atoms with E-state index in [-0.39, 0.29) is 0 Å². The lowest BCUT2D eigenvalue weighted by Crippen LogP contribution is -1.93. The molecule has 1 aromatic carbocycles. The number of anilines is 1. The third-order valence-corrected chi connectivity index (χ3v) is 3.38. The van der Waals surface area contributed by atoms with Crippen LogP contribution < -0.4 is 10.5 Å². The van der Waals surface area contributed by atoms with Gasteiger partial charge in [-0.15, -0.1) is 11.3 Å². The summed E-state index contributed by atoms with van der Waals surface area (Å²) in [5, 5.41) is 1.84. The maximum atomic E-state index is 5.87. The van der Waals surface area contributed by atoms with Crippen LogP contribution in [0.5, 0.6) is 5.75 Å². The first-order valence-electron chi connectivity index (χ1n) is 4.32. The summed E-state index contributed by atoms with van der Waals surface area (Å²) in [5.74, 6) is 0.819. The minimum Gasteiger partial charge on any atom is -0.490 e. The maximum absolute atomic E-state index is 5.87. The summed E-state index contributed by atoms with van der Waals surface area (Å²) in [5.41, 5.74) is 5.87. The molecule has 0 unspecified atom stereocenters. The van der Waals surface area contributed by atoms with Crippen molar-refractivity contribution in [2.75, 3.05) is 12.3 Å². The summed E-state index contributed by atoms with van der Waals surface area (Å²) < 4.78 is 7.72. The van der Waals surface area contributed by atoms with Crippen LogP contribution in [0.25, 0.3) is 10.1 Å². The number of halogens is 1. The summed E-state index contributed by atoms with van der Waals surface area (Å²) in [4.78, 5) is 0. The van der Waals surface area contributed by atoms with Gasteiger partial charge in [-0.1, -0.05) is 15.9 Å². The smallest absolute Gasteiger partial charge is 0.161 e. The standard InChI is InChI=1S/C10H10BrNOS/c1-2-13-9-7-4-3-6(11)5-8(7)14-10(9)12/h3-5H,2,12H2,1H3. The fourth-order valence-corrected chi connectivity index (χ4v) is 2.83. The van der Waals surface area contributed by atoms with Gasteiger partial charge in [0.1, 0.15) is 5.00 Å². The zero-order chi connectivity index (χ0) is 10.1. The first kappa shape index (κ1) is 9.80. The molecular weight excluding hydrogens is 262 g/mol. The van der Waals surface area contributed by atoms with Crippen LogP contribution in [-0.4, -0.2) is 6.61 Å². The van der Waals surface area contributed by atoms with Crippen molar-refractivity contribution >= 4 is 42.4 Å². The molecule has 0 fully saturated rings. The summed E-state index contributed by atoms with van der Waals surface area (Å²) in [7, 11) is 0. The van der Waals surface area contributed by atoms with Crippen LogP contribution in [0, 0.1) is 0 Å². The molecule has 0 bridgehead atoms. The normalized spacial score (nSPS) is 10.7. The summed E-state index contributed by atoms with van der Waals surface area (Å²) in [6.45, 7) is 2.61. The molecule has 0 saturated carbocycles. The van der Waals surface area contributed by atoms with Gasteiger partial charge < -0.3 is 10.5 Å². The van der Waals surface area contributed by atoms with Gasteiger partial charge in [-0.2, -0.15) is 0 Å². The molecule has 2 N–H and O–H groups in total. The molecule has 2 rings (SSSR count). The Labute approximate surface area is 94.8 Å². The quantitative estimate of drug-likeness (QED) is 0.905. The van der Waals surface area contributed by atoms with Gasteiger partial charge >= 0.3 is 0 Å². The molecule has 2 nitrogen and oxygen atoms in total. The van der Waals surface area contributed by atoms with Crippen LogP contribution in [0.4, 0.5) is 5.00 Å². The highest BCUT2D eigenvalue weighted by Crippen LogP contribution is 2.40. The Morgan fingerprint density at radius 3 is 3.00 bits per heavy atom. The monoisotopic (exact) mass is 271 g/mol. The molecule has 0 aliphatic heterocycles. The average Bonchev–Trinajstić information content (AvgIpc) is 2.43. The lowest BCUT2D eigenvalue weighted by Gasteiger charge is -2.01. The number of rotatable bonds is 2. The van der Waals surface area contributed by atoms with Crippen molar-refractivity contribution in [2.24, 2.45) is 0 Å². The van der Waals surface area contributed by atoms with E-state index in [1.54, 1.807) is 11.3 Å². The lowest BCUT2D eigenvalue weighted by atomic mass is 10.2. The highest BCUT2D eigenvalue weighted by molar-refractivity contribution is 9.10. The van der Waals surface area contributed by atoms with Crippen molar-refractivity contribution in [3.05, 3.63) is 22.7 Å². The van der Waals surface area contributed by atoms with E-state index >= 15 is 0 Å². The van der Waals surface area contributed by atoms with Crippen molar-refractivity contribution in [2.45, 2.75) is 6.92 Å². The number of ether oxygens (including phenoxy) is 1. The molecule has 4 heteroatoms. The third kappa shape index (κ3) is 1.60. The number of benzene rings is 1. The highest BCUT2D eigenvalue weighted by Gasteiger charge is 2.10. The van der Waals surface area contributed by atoms with Gasteiger partial charge in [-0.25, -0.2) is 0 Å². The Morgan fingerprint density at radius 1 is 1.50 bits per heavy atom. The molecule has 0 amide bonds. The molecule has 0 spiro atoms. The van der Waals surface area contributed by atoms with Crippen molar-refractivity contribution in [3.8, 4) is 5.75 Å². The number of thiophene rings is 1. The first-order chi connectivity index (χ1) is 6.72. The Hall–Kier alpha value is -0.740. The molecule has 1 aromatic heterocycles. The van der Waals surface area contributed by atoms with E-state index in [4.69, 9.17) is 10.5 Å². The Balaban J connectivity index is 2.64. The molecule has 0 aliphatic carbocycles. The van der Waals surface area contributed by atoms with Crippen LogP contribution >= 0.6 is 27.3 Å². The SMILES string of the molecule is CCOc1c(N)sc2cc(Br)ccc12. The fraction of sp³-hybridized carbons (Fsp3) is 0.200. The van der Waals surface area contributed by atoms with E-state index in [9.17, 15) is 0 Å². The minimum atomic E-state index is 0.645. The number of hydrogen-bond acceptors (Lipinski definition) is 3. The molecule has 2 aromatic rings.